The molecule has 2 amide bonds. The van der Waals surface area contributed by atoms with E-state index in [1.54, 1.807) is 16.7 Å². The van der Waals surface area contributed by atoms with Crippen molar-refractivity contribution in [3.63, 3.8) is 0 Å². The molecule has 0 bridgehead atoms. The molecule has 1 heterocycles. The Hall–Kier alpha value is -1.24. The molecule has 0 spiro atoms. The van der Waals surface area contributed by atoms with Gasteiger partial charge in [0.2, 0.25) is 11.8 Å². The van der Waals surface area contributed by atoms with Crippen LogP contribution in [0.2, 0.25) is 0 Å². The third-order valence-corrected chi connectivity index (χ3v) is 5.68. The van der Waals surface area contributed by atoms with Crippen LogP contribution in [-0.4, -0.2) is 51.5 Å². The van der Waals surface area contributed by atoms with Gasteiger partial charge in [-0.2, -0.15) is 0 Å². The molecule has 2 fully saturated rings. The number of hydrogen-bond donors (Lipinski definition) is 2. The Bertz CT molecular complexity index is 449. The molecule has 2 rings (SSSR count). The van der Waals surface area contributed by atoms with Crippen LogP contribution in [0.3, 0.4) is 0 Å². The Morgan fingerprint density at radius 1 is 1.22 bits per heavy atom. The highest BCUT2D eigenvalue weighted by Gasteiger charge is 2.36. The topological polar surface area (TPSA) is 86.7 Å². The fourth-order valence-corrected chi connectivity index (χ4v) is 4.34. The predicted molar refractivity (Wildman–Crippen MR) is 89.0 cm³/mol. The van der Waals surface area contributed by atoms with E-state index in [9.17, 15) is 14.4 Å². The standard InChI is InChI=1S/C16H26N2O4S/c1-2-3-4-14(19)18-10-23-9-13(18)15(20)17-12-7-5-11(6-8-12)16(21)22/h11-13H,2-10H2,1H3,(H,17,20)(H,21,22). The predicted octanol–water partition coefficient (Wildman–Crippen LogP) is 1.84. The van der Waals surface area contributed by atoms with Gasteiger partial charge < -0.3 is 15.3 Å². The van der Waals surface area contributed by atoms with E-state index in [0.29, 0.717) is 43.7 Å². The first kappa shape index (κ1) is 18.1. The minimum Gasteiger partial charge on any atom is -0.481 e. The van der Waals surface area contributed by atoms with Crippen molar-refractivity contribution in [2.24, 2.45) is 5.92 Å². The minimum absolute atomic E-state index is 0.0382. The molecule has 2 aliphatic rings. The lowest BCUT2D eigenvalue weighted by atomic mass is 9.86. The SMILES string of the molecule is CCCCC(=O)N1CSCC1C(=O)NC1CCC(C(=O)O)CC1. The molecule has 7 heteroatoms. The summed E-state index contributed by atoms with van der Waals surface area (Å²) >= 11 is 1.61. The monoisotopic (exact) mass is 342 g/mol. The Morgan fingerprint density at radius 3 is 2.52 bits per heavy atom. The number of carboxylic acids is 1. The summed E-state index contributed by atoms with van der Waals surface area (Å²) in [4.78, 5) is 37.3. The molecule has 1 aliphatic heterocycles. The summed E-state index contributed by atoms with van der Waals surface area (Å²) in [5, 5.41) is 12.0. The molecule has 0 aromatic carbocycles. The smallest absolute Gasteiger partial charge is 0.306 e. The molecule has 1 saturated heterocycles. The van der Waals surface area contributed by atoms with Gasteiger partial charge in [0.05, 0.1) is 11.8 Å². The number of aliphatic carboxylic acids is 1. The van der Waals surface area contributed by atoms with E-state index in [0.717, 1.165) is 12.8 Å². The van der Waals surface area contributed by atoms with E-state index in [1.807, 2.05) is 6.92 Å². The minimum atomic E-state index is -0.741. The van der Waals surface area contributed by atoms with Crippen molar-refractivity contribution in [2.75, 3.05) is 11.6 Å². The molecule has 0 aromatic heterocycles. The van der Waals surface area contributed by atoms with Crippen molar-refractivity contribution in [2.45, 2.75) is 64.0 Å². The van der Waals surface area contributed by atoms with E-state index in [2.05, 4.69) is 5.32 Å². The zero-order valence-electron chi connectivity index (χ0n) is 13.6. The Labute approximate surface area is 141 Å². The van der Waals surface area contributed by atoms with E-state index in [-0.39, 0.29) is 29.8 Å². The van der Waals surface area contributed by atoms with Crippen LogP contribution in [0, 0.1) is 5.92 Å². The number of unbranched alkanes of at least 4 members (excludes halogenated alkanes) is 1. The molecule has 1 saturated carbocycles. The molecular formula is C16H26N2O4S. The fourth-order valence-electron chi connectivity index (χ4n) is 3.16. The lowest BCUT2D eigenvalue weighted by Crippen LogP contribution is -2.50. The van der Waals surface area contributed by atoms with Gasteiger partial charge in [-0.3, -0.25) is 14.4 Å². The number of rotatable bonds is 6. The second-order valence-corrected chi connectivity index (χ2v) is 7.38. The zero-order chi connectivity index (χ0) is 16.8. The largest absolute Gasteiger partial charge is 0.481 e. The summed E-state index contributed by atoms with van der Waals surface area (Å²) in [5.41, 5.74) is 0. The van der Waals surface area contributed by atoms with Crippen LogP contribution in [0.5, 0.6) is 0 Å². The summed E-state index contributed by atoms with van der Waals surface area (Å²) in [6, 6.07) is -0.335. The average molecular weight is 342 g/mol. The van der Waals surface area contributed by atoms with Crippen molar-refractivity contribution >= 4 is 29.5 Å². The van der Waals surface area contributed by atoms with Gasteiger partial charge in [-0.15, -0.1) is 11.8 Å². The van der Waals surface area contributed by atoms with E-state index in [1.165, 1.54) is 0 Å². The van der Waals surface area contributed by atoms with Gasteiger partial charge in [-0.1, -0.05) is 13.3 Å². The second kappa shape index (κ2) is 8.57. The van der Waals surface area contributed by atoms with Crippen molar-refractivity contribution in [3.05, 3.63) is 0 Å². The third kappa shape index (κ3) is 4.86. The molecule has 1 aliphatic carbocycles. The van der Waals surface area contributed by atoms with Crippen LogP contribution in [-0.2, 0) is 14.4 Å². The molecule has 23 heavy (non-hydrogen) atoms. The fraction of sp³-hybridized carbons (Fsp3) is 0.812. The first-order chi connectivity index (χ1) is 11.0. The van der Waals surface area contributed by atoms with Gasteiger partial charge >= 0.3 is 5.97 Å². The highest BCUT2D eigenvalue weighted by Crippen LogP contribution is 2.26. The van der Waals surface area contributed by atoms with Crippen LogP contribution in [0.15, 0.2) is 0 Å². The van der Waals surface area contributed by atoms with Crippen LogP contribution in [0.25, 0.3) is 0 Å². The van der Waals surface area contributed by atoms with Crippen LogP contribution in [0.1, 0.15) is 51.9 Å². The van der Waals surface area contributed by atoms with E-state index >= 15 is 0 Å². The molecule has 0 aromatic rings. The van der Waals surface area contributed by atoms with Gasteiger partial charge in [-0.25, -0.2) is 0 Å². The number of carboxylic acid groups (broad SMARTS) is 1. The molecule has 2 N–H and O–H groups in total. The Balaban J connectivity index is 1.83. The number of carbonyl (C=O) groups excluding carboxylic acids is 2. The highest BCUT2D eigenvalue weighted by molar-refractivity contribution is 7.99. The number of carbonyl (C=O) groups is 3. The van der Waals surface area contributed by atoms with Crippen molar-refractivity contribution in [3.8, 4) is 0 Å². The molecular weight excluding hydrogens is 316 g/mol. The van der Waals surface area contributed by atoms with E-state index in [4.69, 9.17) is 5.11 Å². The first-order valence-electron chi connectivity index (χ1n) is 8.43. The van der Waals surface area contributed by atoms with Crippen LogP contribution >= 0.6 is 11.8 Å². The van der Waals surface area contributed by atoms with Crippen molar-refractivity contribution < 1.29 is 19.5 Å². The third-order valence-electron chi connectivity index (χ3n) is 4.67. The second-order valence-electron chi connectivity index (χ2n) is 6.38. The lowest BCUT2D eigenvalue weighted by molar-refractivity contribution is -0.143. The first-order valence-corrected chi connectivity index (χ1v) is 9.58. The van der Waals surface area contributed by atoms with Gasteiger partial charge in [0.25, 0.3) is 0 Å². The van der Waals surface area contributed by atoms with Crippen molar-refractivity contribution in [1.82, 2.24) is 10.2 Å². The highest BCUT2D eigenvalue weighted by atomic mass is 32.2. The summed E-state index contributed by atoms with van der Waals surface area (Å²) in [7, 11) is 0. The summed E-state index contributed by atoms with van der Waals surface area (Å²) in [6.45, 7) is 2.05. The number of hydrogen-bond acceptors (Lipinski definition) is 4. The maximum absolute atomic E-state index is 12.5. The summed E-state index contributed by atoms with van der Waals surface area (Å²) < 4.78 is 0. The lowest BCUT2D eigenvalue weighted by Gasteiger charge is -2.29. The van der Waals surface area contributed by atoms with E-state index < -0.39 is 5.97 Å². The zero-order valence-corrected chi connectivity index (χ0v) is 14.4. The molecule has 6 nitrogen and oxygen atoms in total. The van der Waals surface area contributed by atoms with Crippen LogP contribution < -0.4 is 5.32 Å². The maximum Gasteiger partial charge on any atom is 0.306 e. The number of amides is 2. The number of nitrogens with zero attached hydrogens (tertiary/aromatic N) is 1. The van der Waals surface area contributed by atoms with Crippen LogP contribution in [0.4, 0.5) is 0 Å². The van der Waals surface area contributed by atoms with Gasteiger partial charge in [-0.05, 0) is 32.1 Å². The van der Waals surface area contributed by atoms with Crippen molar-refractivity contribution in [1.29, 1.82) is 0 Å². The molecule has 1 unspecified atom stereocenters. The Kier molecular flexibility index (Phi) is 6.74. The maximum atomic E-state index is 12.5. The average Bonchev–Trinajstić information content (AvgIpc) is 3.03. The molecule has 1 atom stereocenters. The number of nitrogens with one attached hydrogen (secondary N) is 1. The summed E-state index contributed by atoms with van der Waals surface area (Å²) in [5.74, 6) is 0.192. The van der Waals surface area contributed by atoms with Gasteiger partial charge in [0.15, 0.2) is 0 Å². The van der Waals surface area contributed by atoms with Gasteiger partial charge in [0, 0.05) is 18.2 Å². The molecule has 0 radical (unpaired) electrons. The Morgan fingerprint density at radius 2 is 1.91 bits per heavy atom. The number of thioether (sulfide) groups is 1. The normalized spacial score (nSPS) is 27.7. The quantitative estimate of drug-likeness (QED) is 0.769. The summed E-state index contributed by atoms with van der Waals surface area (Å²) in [6.07, 6.45) is 4.95. The van der Waals surface area contributed by atoms with Gasteiger partial charge in [0.1, 0.15) is 6.04 Å². The molecule has 130 valence electrons.